The molecule has 3 N–H and O–H groups in total. The molecule has 68 valence electrons. The van der Waals surface area contributed by atoms with Gasteiger partial charge in [-0.15, -0.1) is 0 Å². The number of para-hydroxylation sites is 1. The molecule has 0 aliphatic carbocycles. The standard InChI is InChI=1S/C9H10N2O2/c10-9(13)6-11-5-7-3-1-2-4-8(7)12/h1-5,12H,6H2,(H2,10,13). The summed E-state index contributed by atoms with van der Waals surface area (Å²) in [6.07, 6.45) is 1.42. The molecule has 0 unspecified atom stereocenters. The van der Waals surface area contributed by atoms with Crippen molar-refractivity contribution in [3.05, 3.63) is 29.8 Å². The molecule has 0 saturated carbocycles. The first-order chi connectivity index (χ1) is 6.20. The molecule has 1 amide bonds. The van der Waals surface area contributed by atoms with Crippen LogP contribution in [0.1, 0.15) is 5.56 Å². The molecule has 0 fully saturated rings. The van der Waals surface area contributed by atoms with E-state index in [1.165, 1.54) is 6.21 Å². The Morgan fingerprint density at radius 3 is 2.85 bits per heavy atom. The van der Waals surface area contributed by atoms with Crippen LogP contribution >= 0.6 is 0 Å². The molecule has 0 radical (unpaired) electrons. The number of carbonyl (C=O) groups excluding carboxylic acids is 1. The van der Waals surface area contributed by atoms with Crippen LogP contribution in [0.2, 0.25) is 0 Å². The number of hydrogen-bond acceptors (Lipinski definition) is 3. The van der Waals surface area contributed by atoms with Crippen LogP contribution in [0.4, 0.5) is 0 Å². The summed E-state index contributed by atoms with van der Waals surface area (Å²) in [6, 6.07) is 6.72. The number of nitrogens with zero attached hydrogens (tertiary/aromatic N) is 1. The highest BCUT2D eigenvalue weighted by molar-refractivity contribution is 5.85. The van der Waals surface area contributed by atoms with E-state index < -0.39 is 5.91 Å². The number of amides is 1. The summed E-state index contributed by atoms with van der Waals surface area (Å²) >= 11 is 0. The van der Waals surface area contributed by atoms with E-state index in [4.69, 9.17) is 5.73 Å². The monoisotopic (exact) mass is 178 g/mol. The molecule has 4 nitrogen and oxygen atoms in total. The van der Waals surface area contributed by atoms with E-state index >= 15 is 0 Å². The Bertz CT molecular complexity index is 334. The van der Waals surface area contributed by atoms with Crippen molar-refractivity contribution in [2.24, 2.45) is 10.7 Å². The van der Waals surface area contributed by atoms with E-state index in [1.54, 1.807) is 24.3 Å². The Balaban J connectivity index is 2.68. The van der Waals surface area contributed by atoms with Gasteiger partial charge in [-0.25, -0.2) is 0 Å². The molecule has 0 aromatic heterocycles. The highest BCUT2D eigenvalue weighted by Crippen LogP contribution is 2.12. The number of phenolic OH excluding ortho intramolecular Hbond substituents is 1. The number of primary amides is 1. The Hall–Kier alpha value is -1.84. The molecule has 13 heavy (non-hydrogen) atoms. The van der Waals surface area contributed by atoms with Crippen LogP contribution in [0.15, 0.2) is 29.3 Å². The normalized spacial score (nSPS) is 10.5. The third-order valence-corrected chi connectivity index (χ3v) is 1.41. The van der Waals surface area contributed by atoms with Crippen molar-refractivity contribution in [2.45, 2.75) is 0 Å². The van der Waals surface area contributed by atoms with Gasteiger partial charge in [-0.1, -0.05) is 12.1 Å². The molecule has 4 heteroatoms. The van der Waals surface area contributed by atoms with Crippen molar-refractivity contribution in [3.8, 4) is 5.75 Å². The second kappa shape index (κ2) is 4.25. The second-order valence-corrected chi connectivity index (χ2v) is 2.49. The number of benzene rings is 1. The van der Waals surface area contributed by atoms with Crippen molar-refractivity contribution >= 4 is 12.1 Å². The molecule has 0 spiro atoms. The first kappa shape index (κ1) is 9.25. The Morgan fingerprint density at radius 1 is 1.54 bits per heavy atom. The third-order valence-electron chi connectivity index (χ3n) is 1.41. The van der Waals surface area contributed by atoms with Gasteiger partial charge >= 0.3 is 0 Å². The number of rotatable bonds is 3. The van der Waals surface area contributed by atoms with Crippen LogP contribution in [0.5, 0.6) is 5.75 Å². The van der Waals surface area contributed by atoms with Crippen molar-refractivity contribution in [1.29, 1.82) is 0 Å². The summed E-state index contributed by atoms with van der Waals surface area (Å²) < 4.78 is 0. The molecule has 0 saturated heterocycles. The zero-order chi connectivity index (χ0) is 9.68. The van der Waals surface area contributed by atoms with Gasteiger partial charge in [-0.3, -0.25) is 9.79 Å². The molecule has 0 atom stereocenters. The predicted molar refractivity (Wildman–Crippen MR) is 49.8 cm³/mol. The van der Waals surface area contributed by atoms with Crippen LogP contribution in [0.25, 0.3) is 0 Å². The van der Waals surface area contributed by atoms with E-state index in [0.29, 0.717) is 5.56 Å². The molecule has 1 aromatic carbocycles. The van der Waals surface area contributed by atoms with Crippen LogP contribution in [0, 0.1) is 0 Å². The number of nitrogens with two attached hydrogens (primary N) is 1. The van der Waals surface area contributed by atoms with Crippen LogP contribution in [0.3, 0.4) is 0 Å². The van der Waals surface area contributed by atoms with Crippen molar-refractivity contribution in [3.63, 3.8) is 0 Å². The van der Waals surface area contributed by atoms with Crippen molar-refractivity contribution in [1.82, 2.24) is 0 Å². The lowest BCUT2D eigenvalue weighted by molar-refractivity contribution is -0.116. The van der Waals surface area contributed by atoms with E-state index in [9.17, 15) is 9.90 Å². The number of aliphatic imine (C=N–C) groups is 1. The SMILES string of the molecule is NC(=O)CN=Cc1ccccc1O. The molecule has 0 aliphatic heterocycles. The van der Waals surface area contributed by atoms with Gasteiger partial charge in [0.05, 0.1) is 0 Å². The van der Waals surface area contributed by atoms with Crippen LogP contribution < -0.4 is 5.73 Å². The van der Waals surface area contributed by atoms with E-state index in [0.717, 1.165) is 0 Å². The van der Waals surface area contributed by atoms with E-state index in [2.05, 4.69) is 4.99 Å². The largest absolute Gasteiger partial charge is 0.507 e. The average molecular weight is 178 g/mol. The predicted octanol–water partition coefficient (Wildman–Crippen LogP) is 0.296. The summed E-state index contributed by atoms with van der Waals surface area (Å²) in [5, 5.41) is 9.27. The lowest BCUT2D eigenvalue weighted by Gasteiger charge is -1.95. The van der Waals surface area contributed by atoms with E-state index in [-0.39, 0.29) is 12.3 Å². The minimum absolute atomic E-state index is 0.0612. The number of phenols is 1. The maximum absolute atomic E-state index is 10.3. The van der Waals surface area contributed by atoms with Crippen LogP contribution in [-0.2, 0) is 4.79 Å². The summed E-state index contributed by atoms with van der Waals surface area (Å²) in [4.78, 5) is 14.1. The van der Waals surface area contributed by atoms with Crippen molar-refractivity contribution in [2.75, 3.05) is 6.54 Å². The number of aromatic hydroxyl groups is 1. The second-order valence-electron chi connectivity index (χ2n) is 2.49. The van der Waals surface area contributed by atoms with Gasteiger partial charge < -0.3 is 10.8 Å². The first-order valence-corrected chi connectivity index (χ1v) is 3.76. The zero-order valence-corrected chi connectivity index (χ0v) is 6.97. The fourth-order valence-electron chi connectivity index (χ4n) is 0.831. The van der Waals surface area contributed by atoms with Crippen LogP contribution in [-0.4, -0.2) is 23.8 Å². The maximum Gasteiger partial charge on any atom is 0.239 e. The molecule has 0 heterocycles. The van der Waals surface area contributed by atoms with Gasteiger partial charge in [0.15, 0.2) is 0 Å². The molecule has 0 bridgehead atoms. The fraction of sp³-hybridized carbons (Fsp3) is 0.111. The quantitative estimate of drug-likeness (QED) is 0.653. The smallest absolute Gasteiger partial charge is 0.239 e. The minimum Gasteiger partial charge on any atom is -0.507 e. The lowest BCUT2D eigenvalue weighted by Crippen LogP contribution is -2.14. The molecular formula is C9H10N2O2. The highest BCUT2D eigenvalue weighted by Gasteiger charge is 1.94. The van der Waals surface area contributed by atoms with Gasteiger partial charge in [0.25, 0.3) is 0 Å². The fourth-order valence-corrected chi connectivity index (χ4v) is 0.831. The topological polar surface area (TPSA) is 75.7 Å². The summed E-state index contributed by atoms with van der Waals surface area (Å²) in [7, 11) is 0. The van der Waals surface area contributed by atoms with Gasteiger partial charge in [0.2, 0.25) is 5.91 Å². The Labute approximate surface area is 75.7 Å². The maximum atomic E-state index is 10.3. The summed E-state index contributed by atoms with van der Waals surface area (Å²) in [6.45, 7) is -0.0612. The minimum atomic E-state index is -0.494. The number of carbonyl (C=O) groups is 1. The third kappa shape index (κ3) is 2.94. The van der Waals surface area contributed by atoms with Gasteiger partial charge in [0, 0.05) is 11.8 Å². The number of hydrogen-bond donors (Lipinski definition) is 2. The summed E-state index contributed by atoms with van der Waals surface area (Å²) in [5.74, 6) is -0.359. The van der Waals surface area contributed by atoms with Gasteiger partial charge in [-0.05, 0) is 12.1 Å². The Morgan fingerprint density at radius 2 is 2.23 bits per heavy atom. The van der Waals surface area contributed by atoms with Gasteiger partial charge in [-0.2, -0.15) is 0 Å². The summed E-state index contributed by atoms with van der Waals surface area (Å²) in [5.41, 5.74) is 5.45. The average Bonchev–Trinajstić information content (AvgIpc) is 2.08. The molecule has 1 aromatic rings. The van der Waals surface area contributed by atoms with Crippen molar-refractivity contribution < 1.29 is 9.90 Å². The lowest BCUT2D eigenvalue weighted by atomic mass is 10.2. The van der Waals surface area contributed by atoms with E-state index in [1.807, 2.05) is 0 Å². The zero-order valence-electron chi connectivity index (χ0n) is 6.97. The Kier molecular flexibility index (Phi) is 3.03. The first-order valence-electron chi connectivity index (χ1n) is 3.76. The molecule has 1 rings (SSSR count). The van der Waals surface area contributed by atoms with Gasteiger partial charge in [0.1, 0.15) is 12.3 Å². The highest BCUT2D eigenvalue weighted by atomic mass is 16.3. The molecular weight excluding hydrogens is 168 g/mol. The molecule has 0 aliphatic rings.